The number of nitrogens with zero attached hydrogens (tertiary/aromatic N) is 6. The van der Waals surface area contributed by atoms with Crippen LogP contribution in [-0.2, 0) is 11.2 Å². The Bertz CT molecular complexity index is 478. The van der Waals surface area contributed by atoms with Gasteiger partial charge in [0.25, 0.3) is 0 Å². The van der Waals surface area contributed by atoms with Crippen LogP contribution in [0.15, 0.2) is 9.53 Å². The summed E-state index contributed by atoms with van der Waals surface area (Å²) in [5.74, 6) is 0.494. The van der Waals surface area contributed by atoms with Crippen molar-refractivity contribution in [3.05, 3.63) is 16.3 Å². The quantitative estimate of drug-likeness (QED) is 0.450. The van der Waals surface area contributed by atoms with E-state index in [1.165, 1.54) is 4.90 Å². The maximum Gasteiger partial charge on any atom is 0.325 e. The van der Waals surface area contributed by atoms with Crippen molar-refractivity contribution in [2.24, 2.45) is 11.0 Å². The molecule has 1 aromatic rings. The van der Waals surface area contributed by atoms with Crippen molar-refractivity contribution in [2.75, 3.05) is 18.0 Å². The van der Waals surface area contributed by atoms with Crippen molar-refractivity contribution >= 4 is 11.9 Å². The summed E-state index contributed by atoms with van der Waals surface area (Å²) in [5.41, 5.74) is 8.26. The summed E-state index contributed by atoms with van der Waals surface area (Å²) in [6, 6.07) is 0.242. The number of hydrogen-bond donors (Lipinski definition) is 0. The zero-order valence-electron chi connectivity index (χ0n) is 10.1. The molecule has 1 aliphatic heterocycles. The van der Waals surface area contributed by atoms with E-state index in [-0.39, 0.29) is 17.8 Å². The van der Waals surface area contributed by atoms with Gasteiger partial charge in [-0.15, -0.1) is 5.10 Å². The van der Waals surface area contributed by atoms with E-state index < -0.39 is 0 Å². The molecular weight excluding hydrogens is 236 g/mol. The van der Waals surface area contributed by atoms with Gasteiger partial charge in [0.2, 0.25) is 11.8 Å². The molecule has 0 bridgehead atoms. The van der Waals surface area contributed by atoms with Gasteiger partial charge in [0, 0.05) is 30.8 Å². The van der Waals surface area contributed by atoms with Crippen LogP contribution in [0.5, 0.6) is 0 Å². The van der Waals surface area contributed by atoms with Gasteiger partial charge in [0.1, 0.15) is 0 Å². The summed E-state index contributed by atoms with van der Waals surface area (Å²) in [5, 5.41) is 11.2. The Kier molecular flexibility index (Phi) is 3.78. The lowest BCUT2D eigenvalue weighted by atomic mass is 10.1. The van der Waals surface area contributed by atoms with Gasteiger partial charge in [-0.1, -0.05) is 17.1 Å². The van der Waals surface area contributed by atoms with E-state index in [0.29, 0.717) is 31.8 Å². The average Bonchev–Trinajstić information content (AvgIpc) is 2.94. The van der Waals surface area contributed by atoms with E-state index >= 15 is 0 Å². The largest absolute Gasteiger partial charge is 0.408 e. The van der Waals surface area contributed by atoms with Gasteiger partial charge in [0.15, 0.2) is 0 Å². The van der Waals surface area contributed by atoms with Crippen molar-refractivity contribution in [3.63, 3.8) is 0 Å². The maximum atomic E-state index is 11.8. The number of hydrogen-bond acceptors (Lipinski definition) is 5. The van der Waals surface area contributed by atoms with Crippen LogP contribution >= 0.6 is 0 Å². The van der Waals surface area contributed by atoms with E-state index in [1.54, 1.807) is 0 Å². The lowest BCUT2D eigenvalue weighted by Gasteiger charge is -2.09. The summed E-state index contributed by atoms with van der Waals surface area (Å²) in [6.45, 7) is 2.79. The highest BCUT2D eigenvalue weighted by atomic mass is 16.4. The first kappa shape index (κ1) is 12.4. The highest BCUT2D eigenvalue weighted by Gasteiger charge is 2.33. The highest BCUT2D eigenvalue weighted by molar-refractivity contribution is 5.93. The van der Waals surface area contributed by atoms with E-state index in [0.717, 1.165) is 6.42 Å². The molecule has 1 amide bonds. The Morgan fingerprint density at radius 1 is 1.61 bits per heavy atom. The predicted octanol–water partition coefficient (Wildman–Crippen LogP) is 1.69. The molecule has 8 nitrogen and oxygen atoms in total. The fourth-order valence-electron chi connectivity index (χ4n) is 1.91. The zero-order valence-corrected chi connectivity index (χ0v) is 10.1. The van der Waals surface area contributed by atoms with Gasteiger partial charge in [-0.05, 0) is 17.9 Å². The molecule has 0 saturated carbocycles. The number of aryl methyl sites for hydroxylation is 1. The molecule has 96 valence electrons. The first-order valence-electron chi connectivity index (χ1n) is 5.88. The van der Waals surface area contributed by atoms with Gasteiger partial charge < -0.3 is 4.42 Å². The number of carbonyl (C=O) groups is 1. The van der Waals surface area contributed by atoms with Crippen LogP contribution in [0.1, 0.15) is 25.7 Å². The fraction of sp³-hybridized carbons (Fsp3) is 0.700. The lowest BCUT2D eigenvalue weighted by Crippen LogP contribution is -2.25. The van der Waals surface area contributed by atoms with E-state index in [4.69, 9.17) is 9.95 Å². The average molecular weight is 250 g/mol. The molecular formula is C10H14N6O2. The highest BCUT2D eigenvalue weighted by Crippen LogP contribution is 2.24. The van der Waals surface area contributed by atoms with Crippen molar-refractivity contribution < 1.29 is 9.21 Å². The minimum absolute atomic E-state index is 0.0231. The first-order valence-corrected chi connectivity index (χ1v) is 5.88. The molecule has 0 N–H and O–H groups in total. The van der Waals surface area contributed by atoms with Crippen LogP contribution < -0.4 is 4.90 Å². The lowest BCUT2D eigenvalue weighted by molar-refractivity contribution is -0.117. The first-order chi connectivity index (χ1) is 8.74. The molecule has 2 rings (SSSR count). The fourth-order valence-corrected chi connectivity index (χ4v) is 1.91. The van der Waals surface area contributed by atoms with Gasteiger partial charge >= 0.3 is 6.01 Å². The molecule has 1 atom stereocenters. The topological polar surface area (TPSA) is 108 Å². The van der Waals surface area contributed by atoms with Crippen molar-refractivity contribution in [1.29, 1.82) is 0 Å². The summed E-state index contributed by atoms with van der Waals surface area (Å²) >= 11 is 0. The summed E-state index contributed by atoms with van der Waals surface area (Å²) in [6.07, 6.45) is 1.97. The molecule has 0 radical (unpaired) electrons. The summed E-state index contributed by atoms with van der Waals surface area (Å²) in [7, 11) is 0. The third-order valence-electron chi connectivity index (χ3n) is 2.76. The molecule has 0 spiro atoms. The second-order valence-corrected chi connectivity index (χ2v) is 4.22. The molecule has 1 saturated heterocycles. The minimum atomic E-state index is -0.0696. The maximum absolute atomic E-state index is 11.8. The van der Waals surface area contributed by atoms with E-state index in [1.807, 2.05) is 6.92 Å². The third-order valence-corrected chi connectivity index (χ3v) is 2.76. The normalized spacial score (nSPS) is 19.1. The van der Waals surface area contributed by atoms with Gasteiger partial charge in [-0.3, -0.25) is 9.69 Å². The molecule has 1 fully saturated rings. The molecule has 1 aromatic heterocycles. The third kappa shape index (κ3) is 2.60. The standard InChI is InChI=1S/C10H14N6O2/c1-2-3-8-13-14-10(18-8)16-6-7(4-9(16)17)5-12-15-11/h7H,2-6H2,1H3. The number of amides is 1. The SMILES string of the molecule is CCCc1nnc(N2CC(CN=[N+]=[N-])CC2=O)o1. The molecule has 8 heteroatoms. The van der Waals surface area contributed by atoms with E-state index in [9.17, 15) is 4.79 Å². The van der Waals surface area contributed by atoms with Crippen LogP contribution in [0.25, 0.3) is 10.4 Å². The van der Waals surface area contributed by atoms with E-state index in [2.05, 4.69) is 20.2 Å². The summed E-state index contributed by atoms with van der Waals surface area (Å²) in [4.78, 5) is 15.9. The Morgan fingerprint density at radius 2 is 2.44 bits per heavy atom. The molecule has 1 unspecified atom stereocenters. The second-order valence-electron chi connectivity index (χ2n) is 4.22. The van der Waals surface area contributed by atoms with Crippen LogP contribution in [0.2, 0.25) is 0 Å². The van der Waals surface area contributed by atoms with Crippen LogP contribution in [0.4, 0.5) is 6.01 Å². The van der Waals surface area contributed by atoms with Gasteiger partial charge in [-0.25, -0.2) is 0 Å². The van der Waals surface area contributed by atoms with Crippen LogP contribution in [-0.4, -0.2) is 29.2 Å². The number of anilines is 1. The van der Waals surface area contributed by atoms with Crippen LogP contribution in [0, 0.1) is 5.92 Å². The molecule has 2 heterocycles. The van der Waals surface area contributed by atoms with Crippen LogP contribution in [0.3, 0.4) is 0 Å². The second kappa shape index (κ2) is 5.50. The molecule has 18 heavy (non-hydrogen) atoms. The Hall–Kier alpha value is -2.08. The Balaban J connectivity index is 2.04. The Morgan fingerprint density at radius 3 is 3.17 bits per heavy atom. The van der Waals surface area contributed by atoms with Crippen molar-refractivity contribution in [2.45, 2.75) is 26.2 Å². The number of rotatable bonds is 5. The van der Waals surface area contributed by atoms with Gasteiger partial charge in [-0.2, -0.15) is 0 Å². The minimum Gasteiger partial charge on any atom is -0.408 e. The number of carbonyl (C=O) groups excluding carboxylic acids is 1. The molecule has 1 aliphatic rings. The summed E-state index contributed by atoms with van der Waals surface area (Å²) < 4.78 is 5.41. The smallest absolute Gasteiger partial charge is 0.325 e. The molecule has 0 aromatic carbocycles. The Labute approximate surface area is 104 Å². The monoisotopic (exact) mass is 250 g/mol. The predicted molar refractivity (Wildman–Crippen MR) is 62.8 cm³/mol. The van der Waals surface area contributed by atoms with Gasteiger partial charge in [0.05, 0.1) is 0 Å². The van der Waals surface area contributed by atoms with Crippen molar-refractivity contribution in [3.8, 4) is 0 Å². The van der Waals surface area contributed by atoms with Crippen molar-refractivity contribution in [1.82, 2.24) is 10.2 Å². The zero-order chi connectivity index (χ0) is 13.0. The number of aromatic nitrogens is 2. The molecule has 0 aliphatic carbocycles. The number of azide groups is 1.